The van der Waals surface area contributed by atoms with E-state index in [0.717, 1.165) is 42.9 Å². The van der Waals surface area contributed by atoms with Gasteiger partial charge in [-0.2, -0.15) is 10.2 Å². The van der Waals surface area contributed by atoms with E-state index in [2.05, 4.69) is 15.1 Å². The summed E-state index contributed by atoms with van der Waals surface area (Å²) in [6, 6.07) is 9.58. The molecule has 10 heteroatoms. The molecule has 0 radical (unpaired) electrons. The largest absolute Gasteiger partial charge is 0.507 e. The molecule has 180 valence electrons. The second-order valence-electron chi connectivity index (χ2n) is 8.29. The first-order chi connectivity index (χ1) is 16.6. The first-order valence-electron chi connectivity index (χ1n) is 11.5. The molecule has 4 bridgehead atoms. The average Bonchev–Trinajstić information content (AvgIpc) is 2.88. The highest BCUT2D eigenvalue weighted by molar-refractivity contribution is 5.85. The smallest absolute Gasteiger partial charge is 0.269 e. The molecule has 10 nitrogen and oxygen atoms in total. The SMILES string of the molecule is O=[N+]([O-])c1ccc(N=Nc2cc3c(O)c(c2)CCN2CCOCCC(=NCC3)COCC2)cc1. The van der Waals surface area contributed by atoms with Gasteiger partial charge >= 0.3 is 0 Å². The fourth-order valence-electron chi connectivity index (χ4n) is 3.95. The van der Waals surface area contributed by atoms with E-state index in [1.807, 2.05) is 12.1 Å². The summed E-state index contributed by atoms with van der Waals surface area (Å²) >= 11 is 0. The second kappa shape index (κ2) is 11.8. The van der Waals surface area contributed by atoms with Crippen molar-refractivity contribution in [3.63, 3.8) is 0 Å². The Morgan fingerprint density at radius 1 is 0.912 bits per heavy atom. The van der Waals surface area contributed by atoms with E-state index in [0.29, 0.717) is 57.2 Å². The van der Waals surface area contributed by atoms with E-state index in [-0.39, 0.29) is 11.4 Å². The molecule has 0 aromatic heterocycles. The molecule has 1 saturated heterocycles. The lowest BCUT2D eigenvalue weighted by atomic mass is 10.0. The van der Waals surface area contributed by atoms with E-state index < -0.39 is 4.92 Å². The molecule has 2 aromatic rings. The van der Waals surface area contributed by atoms with Gasteiger partial charge < -0.3 is 14.6 Å². The van der Waals surface area contributed by atoms with Gasteiger partial charge in [0.1, 0.15) is 5.75 Å². The van der Waals surface area contributed by atoms with Crippen LogP contribution < -0.4 is 0 Å². The Hall–Kier alpha value is -3.21. The molecule has 0 spiro atoms. The van der Waals surface area contributed by atoms with Gasteiger partial charge in [0, 0.05) is 50.4 Å². The third-order valence-corrected chi connectivity index (χ3v) is 5.92. The molecule has 2 aliphatic heterocycles. The third-order valence-electron chi connectivity index (χ3n) is 5.92. The van der Waals surface area contributed by atoms with Crippen molar-refractivity contribution in [3.8, 4) is 5.75 Å². The van der Waals surface area contributed by atoms with Gasteiger partial charge in [-0.3, -0.25) is 20.0 Å². The number of non-ortho nitro benzene ring substituents is 1. The van der Waals surface area contributed by atoms with Crippen molar-refractivity contribution in [1.29, 1.82) is 0 Å². The fourth-order valence-corrected chi connectivity index (χ4v) is 3.95. The highest BCUT2D eigenvalue weighted by atomic mass is 16.6. The first kappa shape index (κ1) is 23.9. The first-order valence-corrected chi connectivity index (χ1v) is 11.5. The third kappa shape index (κ3) is 6.66. The van der Waals surface area contributed by atoms with Crippen molar-refractivity contribution in [2.45, 2.75) is 19.3 Å². The Balaban J connectivity index is 1.61. The lowest BCUT2D eigenvalue weighted by Crippen LogP contribution is -2.33. The summed E-state index contributed by atoms with van der Waals surface area (Å²) < 4.78 is 11.6. The number of aliphatic imine (C=N–C) groups is 1. The quantitative estimate of drug-likeness (QED) is 0.414. The summed E-state index contributed by atoms with van der Waals surface area (Å²) in [5, 5.41) is 30.4. The van der Waals surface area contributed by atoms with E-state index >= 15 is 0 Å². The highest BCUT2D eigenvalue weighted by Gasteiger charge is 2.15. The number of hydrogen-bond donors (Lipinski definition) is 1. The summed E-state index contributed by atoms with van der Waals surface area (Å²) in [5.41, 5.74) is 3.69. The van der Waals surface area contributed by atoms with Crippen LogP contribution in [0.1, 0.15) is 17.5 Å². The van der Waals surface area contributed by atoms with Crippen LogP contribution in [0.25, 0.3) is 0 Å². The molecule has 1 unspecified atom stereocenters. The predicted molar refractivity (Wildman–Crippen MR) is 128 cm³/mol. The van der Waals surface area contributed by atoms with E-state index in [1.165, 1.54) is 12.1 Å². The molecule has 1 N–H and O–H groups in total. The molecule has 34 heavy (non-hydrogen) atoms. The summed E-state index contributed by atoms with van der Waals surface area (Å²) in [6.07, 6.45) is 1.95. The maximum atomic E-state index is 11.0. The number of phenols is 1. The van der Waals surface area contributed by atoms with Gasteiger partial charge in [0.2, 0.25) is 0 Å². The van der Waals surface area contributed by atoms with Crippen molar-refractivity contribution >= 4 is 22.8 Å². The van der Waals surface area contributed by atoms with Crippen molar-refractivity contribution in [2.75, 3.05) is 52.6 Å². The summed E-state index contributed by atoms with van der Waals surface area (Å²) in [7, 11) is 0. The molecule has 4 rings (SSSR count). The maximum Gasteiger partial charge on any atom is 0.269 e. The Morgan fingerprint density at radius 3 is 2.38 bits per heavy atom. The normalized spacial score (nSPS) is 20.1. The fraction of sp³-hybridized carbons (Fsp3) is 0.458. The van der Waals surface area contributed by atoms with Gasteiger partial charge in [-0.15, -0.1) is 0 Å². The second-order valence-corrected chi connectivity index (χ2v) is 8.29. The Kier molecular flexibility index (Phi) is 8.29. The lowest BCUT2D eigenvalue weighted by Gasteiger charge is -2.22. The van der Waals surface area contributed by atoms with Crippen LogP contribution in [0.5, 0.6) is 5.75 Å². The van der Waals surface area contributed by atoms with Crippen LogP contribution in [0, 0.1) is 10.1 Å². The minimum atomic E-state index is -0.449. The van der Waals surface area contributed by atoms with Crippen molar-refractivity contribution in [3.05, 3.63) is 57.6 Å². The number of rotatable bonds is 3. The van der Waals surface area contributed by atoms with Gasteiger partial charge in [0.25, 0.3) is 5.69 Å². The molecular weight excluding hydrogens is 438 g/mol. The monoisotopic (exact) mass is 467 g/mol. The van der Waals surface area contributed by atoms with E-state index in [4.69, 9.17) is 14.5 Å². The zero-order valence-electron chi connectivity index (χ0n) is 19.1. The standard InChI is InChI=1S/C24H29N5O5/c30-24-18-5-8-25-21-7-12-33-13-10-28(11-14-34-17-21)9-6-19(24)16-22(15-18)27-26-20-1-3-23(4-2-20)29(31)32/h1-4,15-16,30H,5-14,17H2. The number of phenolic OH excluding ortho intramolecular Hbond substituents is 1. The molecule has 0 aliphatic carbocycles. The predicted octanol–water partition coefficient (Wildman–Crippen LogP) is 3.99. The highest BCUT2D eigenvalue weighted by Crippen LogP contribution is 2.31. The molecule has 1 atom stereocenters. The number of benzene rings is 2. The summed E-state index contributed by atoms with van der Waals surface area (Å²) in [6.45, 7) is 5.26. The number of ether oxygens (including phenoxy) is 2. The van der Waals surface area contributed by atoms with Crippen LogP contribution in [0.4, 0.5) is 17.1 Å². The van der Waals surface area contributed by atoms with Crippen LogP contribution in [0.2, 0.25) is 0 Å². The molecule has 1 fully saturated rings. The molecule has 2 heterocycles. The Labute approximate surface area is 198 Å². The number of hydrogen-bond acceptors (Lipinski definition) is 9. The minimum Gasteiger partial charge on any atom is -0.507 e. The zero-order valence-corrected chi connectivity index (χ0v) is 19.1. The van der Waals surface area contributed by atoms with Crippen molar-refractivity contribution < 1.29 is 19.5 Å². The zero-order chi connectivity index (χ0) is 23.8. The topological polar surface area (TPSA) is 122 Å². The van der Waals surface area contributed by atoms with Crippen molar-refractivity contribution in [2.24, 2.45) is 15.2 Å². The molecular formula is C24H29N5O5. The molecule has 2 aromatic carbocycles. The number of nitrogens with zero attached hydrogens (tertiary/aromatic N) is 5. The van der Waals surface area contributed by atoms with Crippen LogP contribution >= 0.6 is 0 Å². The Morgan fingerprint density at radius 2 is 1.62 bits per heavy atom. The van der Waals surface area contributed by atoms with Gasteiger partial charge in [-0.25, -0.2) is 0 Å². The molecule has 2 aliphatic rings. The average molecular weight is 468 g/mol. The molecule has 0 amide bonds. The number of nitro groups is 1. The van der Waals surface area contributed by atoms with Gasteiger partial charge in [0.05, 0.1) is 42.7 Å². The summed E-state index contributed by atoms with van der Waals surface area (Å²) in [4.78, 5) is 17.4. The number of aromatic hydroxyl groups is 1. The minimum absolute atomic E-state index is 0.00514. The van der Waals surface area contributed by atoms with E-state index in [9.17, 15) is 15.2 Å². The van der Waals surface area contributed by atoms with Crippen LogP contribution in [0.3, 0.4) is 0 Å². The van der Waals surface area contributed by atoms with Crippen LogP contribution in [-0.2, 0) is 22.3 Å². The van der Waals surface area contributed by atoms with Gasteiger partial charge in [-0.05, 0) is 48.2 Å². The van der Waals surface area contributed by atoms with Gasteiger partial charge in [0.15, 0.2) is 0 Å². The van der Waals surface area contributed by atoms with Crippen molar-refractivity contribution in [1.82, 2.24) is 4.90 Å². The molecule has 0 saturated carbocycles. The number of fused-ring (bicyclic) bond motifs is 7. The van der Waals surface area contributed by atoms with Crippen LogP contribution in [0.15, 0.2) is 51.6 Å². The lowest BCUT2D eigenvalue weighted by molar-refractivity contribution is -0.384. The number of azo groups is 1. The van der Waals surface area contributed by atoms with Crippen LogP contribution in [-0.4, -0.2) is 73.2 Å². The number of nitro benzene ring substituents is 1. The van der Waals surface area contributed by atoms with E-state index in [1.54, 1.807) is 12.1 Å². The Bertz CT molecular complexity index is 1050. The van der Waals surface area contributed by atoms with Gasteiger partial charge in [-0.1, -0.05) is 0 Å². The summed E-state index contributed by atoms with van der Waals surface area (Å²) in [5.74, 6) is 0.283. The maximum absolute atomic E-state index is 11.0.